The van der Waals surface area contributed by atoms with Crippen molar-refractivity contribution in [2.45, 2.75) is 31.7 Å². The summed E-state index contributed by atoms with van der Waals surface area (Å²) in [5.41, 5.74) is 0.958. The molecule has 1 aliphatic carbocycles. The fourth-order valence-corrected chi connectivity index (χ4v) is 2.71. The molecule has 5 nitrogen and oxygen atoms in total. The highest BCUT2D eigenvalue weighted by Gasteiger charge is 2.21. The SMILES string of the molecule is S=c1[nH]nc(-c2ccnnc2)n1C1CCCC1. The Bertz CT molecular complexity index is 553. The van der Waals surface area contributed by atoms with E-state index in [4.69, 9.17) is 12.2 Å². The molecule has 2 aromatic heterocycles. The number of rotatable bonds is 2. The first kappa shape index (κ1) is 10.6. The van der Waals surface area contributed by atoms with Gasteiger partial charge >= 0.3 is 0 Å². The topological polar surface area (TPSA) is 59.4 Å². The van der Waals surface area contributed by atoms with E-state index >= 15 is 0 Å². The number of nitrogens with one attached hydrogen (secondary N) is 1. The van der Waals surface area contributed by atoms with Gasteiger partial charge in [-0.25, -0.2) is 0 Å². The van der Waals surface area contributed by atoms with Gasteiger partial charge < -0.3 is 0 Å². The molecule has 0 unspecified atom stereocenters. The average molecular weight is 247 g/mol. The summed E-state index contributed by atoms with van der Waals surface area (Å²) in [7, 11) is 0. The first-order valence-electron chi connectivity index (χ1n) is 5.80. The highest BCUT2D eigenvalue weighted by molar-refractivity contribution is 7.71. The van der Waals surface area contributed by atoms with Crippen LogP contribution in [0.1, 0.15) is 31.7 Å². The van der Waals surface area contributed by atoms with Crippen LogP contribution < -0.4 is 0 Å². The first-order chi connectivity index (χ1) is 8.36. The molecule has 0 aliphatic heterocycles. The van der Waals surface area contributed by atoms with Crippen molar-refractivity contribution in [3.8, 4) is 11.4 Å². The minimum absolute atomic E-state index is 0.476. The van der Waals surface area contributed by atoms with Crippen molar-refractivity contribution < 1.29 is 0 Å². The largest absolute Gasteiger partial charge is 0.297 e. The monoisotopic (exact) mass is 247 g/mol. The van der Waals surface area contributed by atoms with E-state index in [-0.39, 0.29) is 0 Å². The van der Waals surface area contributed by atoms with Crippen LogP contribution in [-0.4, -0.2) is 25.0 Å². The highest BCUT2D eigenvalue weighted by atomic mass is 32.1. The smallest absolute Gasteiger partial charge is 0.195 e. The molecule has 0 atom stereocenters. The zero-order valence-electron chi connectivity index (χ0n) is 9.33. The summed E-state index contributed by atoms with van der Waals surface area (Å²) in [5.74, 6) is 0.872. The van der Waals surface area contributed by atoms with Crippen molar-refractivity contribution in [3.05, 3.63) is 23.2 Å². The molecule has 1 N–H and O–H groups in total. The van der Waals surface area contributed by atoms with E-state index in [1.807, 2.05) is 6.07 Å². The van der Waals surface area contributed by atoms with E-state index in [9.17, 15) is 0 Å². The molecule has 0 saturated heterocycles. The third kappa shape index (κ3) is 1.88. The Morgan fingerprint density at radius 1 is 1.29 bits per heavy atom. The lowest BCUT2D eigenvalue weighted by molar-refractivity contribution is 0.516. The fraction of sp³-hybridized carbons (Fsp3) is 0.455. The second-order valence-corrected chi connectivity index (χ2v) is 4.68. The van der Waals surface area contributed by atoms with Crippen LogP contribution in [0.2, 0.25) is 0 Å². The maximum Gasteiger partial charge on any atom is 0.195 e. The molecule has 3 rings (SSSR count). The van der Waals surface area contributed by atoms with Crippen molar-refractivity contribution >= 4 is 12.2 Å². The maximum atomic E-state index is 5.32. The van der Waals surface area contributed by atoms with Crippen molar-refractivity contribution in [1.82, 2.24) is 25.0 Å². The van der Waals surface area contributed by atoms with Gasteiger partial charge in [-0.05, 0) is 31.1 Å². The van der Waals surface area contributed by atoms with Crippen LogP contribution >= 0.6 is 12.2 Å². The van der Waals surface area contributed by atoms with Gasteiger partial charge in [-0.3, -0.25) is 9.67 Å². The van der Waals surface area contributed by atoms with Crippen LogP contribution in [0.15, 0.2) is 18.5 Å². The second-order valence-electron chi connectivity index (χ2n) is 4.29. The quantitative estimate of drug-likeness (QED) is 0.828. The zero-order valence-corrected chi connectivity index (χ0v) is 10.2. The second kappa shape index (κ2) is 4.37. The van der Waals surface area contributed by atoms with Crippen molar-refractivity contribution in [1.29, 1.82) is 0 Å². The number of nitrogens with zero attached hydrogens (tertiary/aromatic N) is 4. The van der Waals surface area contributed by atoms with Gasteiger partial charge in [-0.15, -0.1) is 0 Å². The first-order valence-corrected chi connectivity index (χ1v) is 6.21. The number of aromatic amines is 1. The van der Waals surface area contributed by atoms with E-state index < -0.39 is 0 Å². The lowest BCUT2D eigenvalue weighted by atomic mass is 10.2. The van der Waals surface area contributed by atoms with E-state index in [1.54, 1.807) is 12.4 Å². The molecule has 0 aromatic carbocycles. The predicted molar refractivity (Wildman–Crippen MR) is 65.9 cm³/mol. The molecule has 1 aliphatic rings. The number of hydrogen-bond acceptors (Lipinski definition) is 4. The van der Waals surface area contributed by atoms with E-state index in [0.717, 1.165) is 11.4 Å². The van der Waals surface area contributed by atoms with Gasteiger partial charge in [0.15, 0.2) is 10.6 Å². The van der Waals surface area contributed by atoms with Crippen LogP contribution in [-0.2, 0) is 0 Å². The Balaban J connectivity index is 2.09. The van der Waals surface area contributed by atoms with Gasteiger partial charge in [0.05, 0.1) is 12.4 Å². The molecule has 2 aromatic rings. The Kier molecular flexibility index (Phi) is 2.72. The van der Waals surface area contributed by atoms with Crippen LogP contribution in [0, 0.1) is 4.77 Å². The van der Waals surface area contributed by atoms with E-state index in [2.05, 4.69) is 25.0 Å². The molecular formula is C11H13N5S. The molecule has 0 bridgehead atoms. The summed E-state index contributed by atoms with van der Waals surface area (Å²) in [6.45, 7) is 0. The fourth-order valence-electron chi connectivity index (χ4n) is 2.43. The summed E-state index contributed by atoms with van der Waals surface area (Å²) < 4.78 is 2.82. The lowest BCUT2D eigenvalue weighted by Crippen LogP contribution is -2.07. The molecule has 1 saturated carbocycles. The van der Waals surface area contributed by atoms with Crippen molar-refractivity contribution in [3.63, 3.8) is 0 Å². The summed E-state index contributed by atoms with van der Waals surface area (Å²) in [5, 5.41) is 14.9. The Hall–Kier alpha value is -1.56. The summed E-state index contributed by atoms with van der Waals surface area (Å²) >= 11 is 5.32. The van der Waals surface area contributed by atoms with Gasteiger partial charge in [-0.1, -0.05) is 12.8 Å². The lowest BCUT2D eigenvalue weighted by Gasteiger charge is -2.13. The minimum Gasteiger partial charge on any atom is -0.297 e. The molecule has 17 heavy (non-hydrogen) atoms. The van der Waals surface area contributed by atoms with Gasteiger partial charge in [-0.2, -0.15) is 15.3 Å². The van der Waals surface area contributed by atoms with Crippen LogP contribution in [0.3, 0.4) is 0 Å². The molecule has 1 fully saturated rings. The average Bonchev–Trinajstić information content (AvgIpc) is 2.99. The minimum atomic E-state index is 0.476. The van der Waals surface area contributed by atoms with Crippen LogP contribution in [0.4, 0.5) is 0 Å². The molecule has 0 radical (unpaired) electrons. The molecule has 6 heteroatoms. The van der Waals surface area contributed by atoms with Crippen molar-refractivity contribution in [2.24, 2.45) is 0 Å². The Morgan fingerprint density at radius 2 is 2.12 bits per heavy atom. The third-order valence-corrected chi connectivity index (χ3v) is 3.52. The number of aromatic nitrogens is 5. The normalized spacial score (nSPS) is 16.5. The highest BCUT2D eigenvalue weighted by Crippen LogP contribution is 2.32. The standard InChI is InChI=1S/C11H13N5S/c17-11-15-14-10(8-5-6-12-13-7-8)16(11)9-3-1-2-4-9/h5-7,9H,1-4H2,(H,15,17). The predicted octanol–water partition coefficient (Wildman–Crippen LogP) is 2.51. The van der Waals surface area contributed by atoms with Gasteiger partial charge in [0.25, 0.3) is 0 Å². The number of hydrogen-bond donors (Lipinski definition) is 1. The van der Waals surface area contributed by atoms with E-state index in [1.165, 1.54) is 25.7 Å². The van der Waals surface area contributed by atoms with Crippen molar-refractivity contribution in [2.75, 3.05) is 0 Å². The molecule has 0 spiro atoms. The van der Waals surface area contributed by atoms with Gasteiger partial charge in [0.1, 0.15) is 0 Å². The van der Waals surface area contributed by atoms with Gasteiger partial charge in [0, 0.05) is 11.6 Å². The molecular weight excluding hydrogens is 234 g/mol. The number of H-pyrrole nitrogens is 1. The summed E-state index contributed by atoms with van der Waals surface area (Å²) in [6.07, 6.45) is 8.29. The van der Waals surface area contributed by atoms with E-state index in [0.29, 0.717) is 10.8 Å². The zero-order chi connectivity index (χ0) is 11.7. The molecule has 88 valence electrons. The van der Waals surface area contributed by atoms with Crippen LogP contribution in [0.25, 0.3) is 11.4 Å². The van der Waals surface area contributed by atoms with Gasteiger partial charge in [0.2, 0.25) is 0 Å². The third-order valence-electron chi connectivity index (χ3n) is 3.24. The maximum absolute atomic E-state index is 5.32. The molecule has 0 amide bonds. The molecule has 2 heterocycles. The van der Waals surface area contributed by atoms with Crippen LogP contribution in [0.5, 0.6) is 0 Å². The summed E-state index contributed by atoms with van der Waals surface area (Å²) in [6, 6.07) is 2.38. The Morgan fingerprint density at radius 3 is 2.82 bits per heavy atom. The summed E-state index contributed by atoms with van der Waals surface area (Å²) in [4.78, 5) is 0. The Labute approximate surface area is 104 Å².